The molecule has 0 aliphatic rings. The lowest BCUT2D eigenvalue weighted by molar-refractivity contribution is -0.153. The second-order valence-electron chi connectivity index (χ2n) is 8.96. The Kier molecular flexibility index (Phi) is 15.0. The van der Waals surface area contributed by atoms with Crippen molar-refractivity contribution in [2.24, 2.45) is 5.41 Å². The van der Waals surface area contributed by atoms with Crippen molar-refractivity contribution in [2.75, 3.05) is 31.3 Å². The summed E-state index contributed by atoms with van der Waals surface area (Å²) in [7, 11) is 0. The average Bonchev–Trinajstić information content (AvgIpc) is 2.85. The van der Waals surface area contributed by atoms with Gasteiger partial charge in [-0.25, -0.2) is 4.79 Å². The van der Waals surface area contributed by atoms with Gasteiger partial charge in [0.05, 0.1) is 23.3 Å². The number of ether oxygens (including phenoxy) is 3. The van der Waals surface area contributed by atoms with Crippen molar-refractivity contribution in [3.63, 3.8) is 0 Å². The number of Topliss-reactive ketones (excluding diaryl/α,β-unsaturated/α-hetero) is 1. The van der Waals surface area contributed by atoms with Crippen LogP contribution in [0.15, 0.2) is 24.3 Å². The highest BCUT2D eigenvalue weighted by atomic mass is 32.2. The molecular weight excluding hydrogens is 468 g/mol. The van der Waals surface area contributed by atoms with E-state index < -0.39 is 17.4 Å². The highest BCUT2D eigenvalue weighted by Gasteiger charge is 2.30. The van der Waals surface area contributed by atoms with Crippen molar-refractivity contribution in [1.82, 2.24) is 0 Å². The SMILES string of the molecule is CCCCCCCCOC(=O)CSCC(C)(C)C(=O)OCCOC(=O)c1ccccc1C(=O)CC. The van der Waals surface area contributed by atoms with Gasteiger partial charge in [0, 0.05) is 17.7 Å². The van der Waals surface area contributed by atoms with Gasteiger partial charge in [0.2, 0.25) is 0 Å². The fraction of sp³-hybridized carbons (Fsp3) is 0.630. The highest BCUT2D eigenvalue weighted by molar-refractivity contribution is 7.99. The van der Waals surface area contributed by atoms with Crippen LogP contribution in [0.3, 0.4) is 0 Å². The monoisotopic (exact) mass is 508 g/mol. The van der Waals surface area contributed by atoms with Crippen LogP contribution in [-0.4, -0.2) is 55.0 Å². The molecular formula is C27H40O7S. The summed E-state index contributed by atoms with van der Waals surface area (Å²) in [5.41, 5.74) is -0.291. The Bertz CT molecular complexity index is 820. The van der Waals surface area contributed by atoms with E-state index >= 15 is 0 Å². The molecule has 1 aromatic carbocycles. The molecule has 0 aromatic heterocycles. The van der Waals surface area contributed by atoms with Gasteiger partial charge in [-0.05, 0) is 26.3 Å². The summed E-state index contributed by atoms with van der Waals surface area (Å²) in [5.74, 6) is -0.920. The number of benzene rings is 1. The smallest absolute Gasteiger partial charge is 0.338 e. The summed E-state index contributed by atoms with van der Waals surface area (Å²) in [6.07, 6.45) is 7.08. The molecule has 0 saturated carbocycles. The minimum absolute atomic E-state index is 0.0944. The number of carbonyl (C=O) groups excluding carboxylic acids is 4. The number of hydrogen-bond acceptors (Lipinski definition) is 8. The van der Waals surface area contributed by atoms with E-state index in [0.717, 1.165) is 12.8 Å². The molecule has 1 rings (SSSR count). The number of carbonyl (C=O) groups is 4. The summed E-state index contributed by atoms with van der Waals surface area (Å²) in [6, 6.07) is 6.48. The van der Waals surface area contributed by atoms with E-state index in [1.807, 2.05) is 0 Å². The van der Waals surface area contributed by atoms with Gasteiger partial charge >= 0.3 is 17.9 Å². The summed E-state index contributed by atoms with van der Waals surface area (Å²) in [5, 5.41) is 0. The molecule has 0 bridgehead atoms. The third-order valence-electron chi connectivity index (χ3n) is 5.31. The van der Waals surface area contributed by atoms with Crippen molar-refractivity contribution in [3.05, 3.63) is 35.4 Å². The third kappa shape index (κ3) is 12.3. The molecule has 0 amide bonds. The molecule has 35 heavy (non-hydrogen) atoms. The fourth-order valence-corrected chi connectivity index (χ4v) is 4.18. The van der Waals surface area contributed by atoms with Gasteiger partial charge in [0.1, 0.15) is 13.2 Å². The van der Waals surface area contributed by atoms with Crippen LogP contribution in [-0.2, 0) is 23.8 Å². The highest BCUT2D eigenvalue weighted by Crippen LogP contribution is 2.24. The second-order valence-corrected chi connectivity index (χ2v) is 9.94. The zero-order valence-corrected chi connectivity index (χ0v) is 22.4. The maximum absolute atomic E-state index is 12.4. The van der Waals surface area contributed by atoms with E-state index in [2.05, 4.69) is 6.92 Å². The number of ketones is 1. The summed E-state index contributed by atoms with van der Waals surface area (Å²) >= 11 is 1.33. The number of thioether (sulfide) groups is 1. The Labute approximate surface area is 213 Å². The molecule has 0 atom stereocenters. The molecule has 0 saturated heterocycles. The molecule has 1 aromatic rings. The van der Waals surface area contributed by atoms with Crippen LogP contribution in [0.4, 0.5) is 0 Å². The maximum atomic E-state index is 12.4. The third-order valence-corrected chi connectivity index (χ3v) is 6.68. The fourth-order valence-electron chi connectivity index (χ4n) is 3.20. The molecule has 196 valence electrons. The van der Waals surface area contributed by atoms with Gasteiger partial charge in [-0.15, -0.1) is 11.8 Å². The molecule has 0 fully saturated rings. The first-order valence-electron chi connectivity index (χ1n) is 12.4. The molecule has 0 unspecified atom stereocenters. The van der Waals surface area contributed by atoms with E-state index in [1.165, 1.54) is 43.5 Å². The first-order valence-corrected chi connectivity index (χ1v) is 13.6. The first kappa shape index (κ1) is 30.7. The van der Waals surface area contributed by atoms with Crippen LogP contribution in [0.5, 0.6) is 0 Å². The van der Waals surface area contributed by atoms with Crippen molar-refractivity contribution >= 4 is 35.5 Å². The normalized spacial score (nSPS) is 11.1. The van der Waals surface area contributed by atoms with Crippen LogP contribution in [0.2, 0.25) is 0 Å². The average molecular weight is 509 g/mol. The lowest BCUT2D eigenvalue weighted by atomic mass is 9.97. The van der Waals surface area contributed by atoms with Crippen molar-refractivity contribution in [2.45, 2.75) is 72.6 Å². The zero-order chi connectivity index (χ0) is 26.1. The predicted octanol–water partition coefficient (Wildman–Crippen LogP) is 5.64. The molecule has 0 aliphatic carbocycles. The van der Waals surface area contributed by atoms with E-state index in [4.69, 9.17) is 14.2 Å². The van der Waals surface area contributed by atoms with E-state index in [-0.39, 0.29) is 42.7 Å². The lowest BCUT2D eigenvalue weighted by Gasteiger charge is -2.22. The van der Waals surface area contributed by atoms with Gasteiger partial charge in [0.25, 0.3) is 0 Å². The molecule has 0 heterocycles. The van der Waals surface area contributed by atoms with Crippen molar-refractivity contribution in [1.29, 1.82) is 0 Å². The van der Waals surface area contributed by atoms with Gasteiger partial charge in [-0.2, -0.15) is 0 Å². The number of hydrogen-bond donors (Lipinski definition) is 0. The van der Waals surface area contributed by atoms with Gasteiger partial charge < -0.3 is 14.2 Å². The Hall–Kier alpha value is -2.35. The first-order chi connectivity index (χ1) is 16.7. The molecule has 7 nitrogen and oxygen atoms in total. The van der Waals surface area contributed by atoms with Crippen molar-refractivity contribution in [3.8, 4) is 0 Å². The Morgan fingerprint density at radius 3 is 2.11 bits per heavy atom. The molecule has 0 aliphatic heterocycles. The van der Waals surface area contributed by atoms with Crippen LogP contribution < -0.4 is 0 Å². The predicted molar refractivity (Wildman–Crippen MR) is 138 cm³/mol. The van der Waals surface area contributed by atoms with Gasteiger partial charge in [-0.3, -0.25) is 14.4 Å². The standard InChI is InChI=1S/C27H40O7S/c1-5-7-8-9-10-13-16-32-24(29)19-35-20-27(3,4)26(31)34-18-17-33-25(30)22-15-12-11-14-21(22)23(28)6-2/h11-12,14-15H,5-10,13,16-20H2,1-4H3. The van der Waals surface area contributed by atoms with Crippen molar-refractivity contribution < 1.29 is 33.4 Å². The summed E-state index contributed by atoms with van der Waals surface area (Å²) in [6.45, 7) is 7.61. The van der Waals surface area contributed by atoms with E-state index in [9.17, 15) is 19.2 Å². The maximum Gasteiger partial charge on any atom is 0.338 e. The molecule has 0 spiro atoms. The molecule has 0 radical (unpaired) electrons. The van der Waals surface area contributed by atoms with Crippen LogP contribution in [0.25, 0.3) is 0 Å². The number of rotatable bonds is 18. The molecule has 0 N–H and O–H groups in total. The minimum Gasteiger partial charge on any atom is -0.465 e. The topological polar surface area (TPSA) is 96.0 Å². The Balaban J connectivity index is 2.27. The summed E-state index contributed by atoms with van der Waals surface area (Å²) in [4.78, 5) is 48.6. The van der Waals surface area contributed by atoms with Crippen LogP contribution in [0, 0.1) is 5.41 Å². The quantitative estimate of drug-likeness (QED) is 0.109. The number of unbranched alkanes of at least 4 members (excludes halogenated alkanes) is 5. The van der Waals surface area contributed by atoms with E-state index in [1.54, 1.807) is 39.0 Å². The Morgan fingerprint density at radius 2 is 1.43 bits per heavy atom. The van der Waals surface area contributed by atoms with Gasteiger partial charge in [0.15, 0.2) is 5.78 Å². The number of esters is 3. The minimum atomic E-state index is -0.811. The Morgan fingerprint density at radius 1 is 0.800 bits per heavy atom. The van der Waals surface area contributed by atoms with Gasteiger partial charge in [-0.1, -0.05) is 64.2 Å². The van der Waals surface area contributed by atoms with E-state index in [0.29, 0.717) is 17.9 Å². The lowest BCUT2D eigenvalue weighted by Crippen LogP contribution is -2.30. The van der Waals surface area contributed by atoms with Crippen LogP contribution in [0.1, 0.15) is 93.4 Å². The largest absolute Gasteiger partial charge is 0.465 e. The second kappa shape index (κ2) is 17.1. The summed E-state index contributed by atoms with van der Waals surface area (Å²) < 4.78 is 15.7. The van der Waals surface area contributed by atoms with Crippen LogP contribution >= 0.6 is 11.8 Å². The molecule has 8 heteroatoms. The zero-order valence-electron chi connectivity index (χ0n) is 21.6.